The molecule has 0 unspecified atom stereocenters. The second kappa shape index (κ2) is 6.34. The third kappa shape index (κ3) is 4.38. The molecule has 0 saturated carbocycles. The quantitative estimate of drug-likeness (QED) is 0.687. The molecule has 0 atom stereocenters. The Bertz CT molecular complexity index is 602. The number of carbonyl (C=O) groups excluding carboxylic acids is 1. The maximum atomic E-state index is 11.8. The van der Waals surface area contributed by atoms with Crippen molar-refractivity contribution in [3.8, 4) is 0 Å². The zero-order chi connectivity index (χ0) is 13.7. The molecule has 2 aromatic carbocycles. The van der Waals surface area contributed by atoms with Gasteiger partial charge in [-0.2, -0.15) is 0 Å². The summed E-state index contributed by atoms with van der Waals surface area (Å²) in [7, 11) is 0. The molecule has 2 rings (SSSR count). The van der Waals surface area contributed by atoms with E-state index >= 15 is 0 Å². The molecule has 0 heterocycles. The van der Waals surface area contributed by atoms with Crippen molar-refractivity contribution in [3.05, 3.63) is 70.2 Å². The smallest absolute Gasteiger partial charge is 0.160 e. The van der Waals surface area contributed by atoms with Gasteiger partial charge in [0.05, 0.1) is 0 Å². The van der Waals surface area contributed by atoms with Gasteiger partial charge in [-0.1, -0.05) is 46.3 Å². The minimum Gasteiger partial charge on any atom is -0.399 e. The number of benzene rings is 2. The minimum atomic E-state index is 0.0786. The highest BCUT2D eigenvalue weighted by Gasteiger charge is 2.00. The summed E-state index contributed by atoms with van der Waals surface area (Å²) in [5, 5.41) is 0. The van der Waals surface area contributed by atoms with E-state index in [1.54, 1.807) is 12.2 Å². The summed E-state index contributed by atoms with van der Waals surface area (Å²) in [5.74, 6) is 0.0786. The van der Waals surface area contributed by atoms with E-state index in [0.717, 1.165) is 21.3 Å². The van der Waals surface area contributed by atoms with Crippen LogP contribution in [0, 0.1) is 0 Å². The van der Waals surface area contributed by atoms with Crippen LogP contribution >= 0.6 is 15.9 Å². The van der Waals surface area contributed by atoms with Crippen LogP contribution in [-0.2, 0) is 11.2 Å². The number of rotatable bonds is 4. The van der Waals surface area contributed by atoms with E-state index < -0.39 is 0 Å². The number of allylic oxidation sites excluding steroid dienone is 1. The van der Waals surface area contributed by atoms with Gasteiger partial charge in [0.1, 0.15) is 0 Å². The first-order chi connectivity index (χ1) is 9.13. The van der Waals surface area contributed by atoms with Crippen molar-refractivity contribution in [2.24, 2.45) is 0 Å². The Morgan fingerprint density at radius 1 is 1.16 bits per heavy atom. The van der Waals surface area contributed by atoms with Gasteiger partial charge in [0.25, 0.3) is 0 Å². The molecular formula is C16H14BrNO. The molecular weight excluding hydrogens is 302 g/mol. The molecule has 0 spiro atoms. The molecule has 2 nitrogen and oxygen atoms in total. The molecule has 0 aliphatic heterocycles. The van der Waals surface area contributed by atoms with Gasteiger partial charge in [-0.05, 0) is 41.5 Å². The summed E-state index contributed by atoms with van der Waals surface area (Å²) in [4.78, 5) is 11.8. The van der Waals surface area contributed by atoms with Gasteiger partial charge in [0, 0.05) is 16.6 Å². The van der Waals surface area contributed by atoms with Crippen LogP contribution in [0.3, 0.4) is 0 Å². The zero-order valence-electron chi connectivity index (χ0n) is 10.3. The average molecular weight is 316 g/mol. The number of nitrogen functional groups attached to an aromatic ring is 1. The third-order valence-electron chi connectivity index (χ3n) is 2.67. The fourth-order valence-corrected chi connectivity index (χ4v) is 2.15. The lowest BCUT2D eigenvalue weighted by Crippen LogP contribution is -1.98. The Balaban J connectivity index is 1.99. The Morgan fingerprint density at radius 3 is 2.58 bits per heavy atom. The Kier molecular flexibility index (Phi) is 4.53. The summed E-state index contributed by atoms with van der Waals surface area (Å²) < 4.78 is 0.986. The van der Waals surface area contributed by atoms with E-state index in [9.17, 15) is 4.79 Å². The fraction of sp³-hybridized carbons (Fsp3) is 0.0625. The monoisotopic (exact) mass is 315 g/mol. The summed E-state index contributed by atoms with van der Waals surface area (Å²) in [6.07, 6.45) is 3.82. The minimum absolute atomic E-state index is 0.0786. The molecule has 2 aromatic rings. The lowest BCUT2D eigenvalue weighted by atomic mass is 10.1. The van der Waals surface area contributed by atoms with Gasteiger partial charge < -0.3 is 5.73 Å². The molecule has 0 bridgehead atoms. The molecule has 19 heavy (non-hydrogen) atoms. The summed E-state index contributed by atoms with van der Waals surface area (Å²) in [5.41, 5.74) is 8.29. The number of carbonyl (C=O) groups is 1. The predicted octanol–water partition coefficient (Wildman–Crippen LogP) is 3.86. The normalized spacial score (nSPS) is 10.8. The topological polar surface area (TPSA) is 43.1 Å². The highest BCUT2D eigenvalue weighted by molar-refractivity contribution is 9.10. The summed E-state index contributed by atoms with van der Waals surface area (Å²) in [6, 6.07) is 15.2. The van der Waals surface area contributed by atoms with Gasteiger partial charge in [-0.15, -0.1) is 0 Å². The SMILES string of the molecule is Nc1ccc(/C=C/C(=O)Cc2cccc(Br)c2)cc1. The van der Waals surface area contributed by atoms with Crippen LogP contribution in [0.5, 0.6) is 0 Å². The van der Waals surface area contributed by atoms with E-state index in [0.29, 0.717) is 6.42 Å². The van der Waals surface area contributed by atoms with E-state index in [2.05, 4.69) is 15.9 Å². The van der Waals surface area contributed by atoms with Crippen LogP contribution in [0.2, 0.25) is 0 Å². The van der Waals surface area contributed by atoms with Crippen LogP contribution in [0.25, 0.3) is 6.08 Å². The predicted molar refractivity (Wildman–Crippen MR) is 82.7 cm³/mol. The van der Waals surface area contributed by atoms with E-state index in [1.165, 1.54) is 0 Å². The van der Waals surface area contributed by atoms with Gasteiger partial charge in [-0.3, -0.25) is 4.79 Å². The number of hydrogen-bond donors (Lipinski definition) is 1. The number of nitrogens with two attached hydrogens (primary N) is 1. The van der Waals surface area contributed by atoms with Crippen molar-refractivity contribution in [2.45, 2.75) is 6.42 Å². The van der Waals surface area contributed by atoms with Crippen molar-refractivity contribution >= 4 is 33.5 Å². The first-order valence-electron chi connectivity index (χ1n) is 5.94. The van der Waals surface area contributed by atoms with Gasteiger partial charge >= 0.3 is 0 Å². The number of ketones is 1. The molecule has 96 valence electrons. The maximum absolute atomic E-state index is 11.8. The first kappa shape index (κ1) is 13.6. The lowest BCUT2D eigenvalue weighted by molar-refractivity contribution is -0.113. The number of halogens is 1. The molecule has 3 heteroatoms. The van der Waals surface area contributed by atoms with Crippen LogP contribution < -0.4 is 5.73 Å². The molecule has 0 radical (unpaired) electrons. The molecule has 0 aliphatic rings. The van der Waals surface area contributed by atoms with Crippen molar-refractivity contribution in [3.63, 3.8) is 0 Å². The molecule has 0 aliphatic carbocycles. The van der Waals surface area contributed by atoms with Crippen LogP contribution in [0.15, 0.2) is 59.1 Å². The van der Waals surface area contributed by atoms with Crippen molar-refractivity contribution in [1.29, 1.82) is 0 Å². The van der Waals surface area contributed by atoms with Crippen LogP contribution in [0.1, 0.15) is 11.1 Å². The molecule has 0 aromatic heterocycles. The Hall–Kier alpha value is -1.87. The maximum Gasteiger partial charge on any atom is 0.160 e. The van der Waals surface area contributed by atoms with Gasteiger partial charge in [0.2, 0.25) is 0 Å². The molecule has 0 fully saturated rings. The first-order valence-corrected chi connectivity index (χ1v) is 6.74. The van der Waals surface area contributed by atoms with Gasteiger partial charge in [-0.25, -0.2) is 0 Å². The molecule has 2 N–H and O–H groups in total. The number of anilines is 1. The fourth-order valence-electron chi connectivity index (χ4n) is 1.70. The highest BCUT2D eigenvalue weighted by Crippen LogP contribution is 2.13. The summed E-state index contributed by atoms with van der Waals surface area (Å²) >= 11 is 3.39. The van der Waals surface area contributed by atoms with E-state index in [4.69, 9.17) is 5.73 Å². The second-order valence-corrected chi connectivity index (χ2v) is 5.19. The standard InChI is InChI=1S/C16H14BrNO/c17-14-3-1-2-13(10-14)11-16(19)9-6-12-4-7-15(18)8-5-12/h1-10H,11,18H2/b9-6+. The summed E-state index contributed by atoms with van der Waals surface area (Å²) in [6.45, 7) is 0. The third-order valence-corrected chi connectivity index (χ3v) is 3.16. The molecule has 0 amide bonds. The molecule has 0 saturated heterocycles. The average Bonchev–Trinajstić information content (AvgIpc) is 2.38. The van der Waals surface area contributed by atoms with Gasteiger partial charge in [0.15, 0.2) is 5.78 Å². The Morgan fingerprint density at radius 2 is 1.89 bits per heavy atom. The van der Waals surface area contributed by atoms with Crippen LogP contribution in [0.4, 0.5) is 5.69 Å². The largest absolute Gasteiger partial charge is 0.399 e. The van der Waals surface area contributed by atoms with Crippen LogP contribution in [-0.4, -0.2) is 5.78 Å². The van der Waals surface area contributed by atoms with Crippen molar-refractivity contribution < 1.29 is 4.79 Å². The van der Waals surface area contributed by atoms with Crippen molar-refractivity contribution in [2.75, 3.05) is 5.73 Å². The second-order valence-electron chi connectivity index (χ2n) is 4.27. The Labute approximate surface area is 121 Å². The van der Waals surface area contributed by atoms with E-state index in [1.807, 2.05) is 48.5 Å². The lowest BCUT2D eigenvalue weighted by Gasteiger charge is -1.99. The van der Waals surface area contributed by atoms with E-state index in [-0.39, 0.29) is 5.78 Å². The van der Waals surface area contributed by atoms with Crippen molar-refractivity contribution in [1.82, 2.24) is 0 Å². The number of hydrogen-bond acceptors (Lipinski definition) is 2. The highest BCUT2D eigenvalue weighted by atomic mass is 79.9. The zero-order valence-corrected chi connectivity index (χ0v) is 11.9.